The van der Waals surface area contributed by atoms with E-state index in [1.807, 2.05) is 54.6 Å². The molecule has 2 aromatic rings. The summed E-state index contributed by atoms with van der Waals surface area (Å²) in [5.41, 5.74) is 2.62. The van der Waals surface area contributed by atoms with E-state index in [1.54, 1.807) is 4.90 Å². The minimum absolute atomic E-state index is 0.0197. The van der Waals surface area contributed by atoms with Gasteiger partial charge in [0.05, 0.1) is 12.6 Å². The van der Waals surface area contributed by atoms with Gasteiger partial charge in [-0.15, -0.1) is 0 Å². The number of aliphatic hydroxyl groups is 1. The van der Waals surface area contributed by atoms with Crippen LogP contribution in [0.15, 0.2) is 54.6 Å². The third kappa shape index (κ3) is 4.08. The lowest BCUT2D eigenvalue weighted by Gasteiger charge is -2.40. The number of rotatable bonds is 6. The molecule has 1 aliphatic heterocycles. The van der Waals surface area contributed by atoms with Crippen LogP contribution in [0.25, 0.3) is 0 Å². The average molecular weight is 380 g/mol. The summed E-state index contributed by atoms with van der Waals surface area (Å²) in [4.78, 5) is 26.0. The first-order chi connectivity index (χ1) is 13.7. The minimum atomic E-state index is -0.464. The number of carbonyl (C=O) groups excluding carboxylic acids is 2. The van der Waals surface area contributed by atoms with Crippen molar-refractivity contribution in [3.8, 4) is 0 Å². The second kappa shape index (κ2) is 8.12. The molecule has 0 radical (unpaired) electrons. The van der Waals surface area contributed by atoms with Gasteiger partial charge < -0.3 is 20.1 Å². The molecule has 1 saturated heterocycles. The van der Waals surface area contributed by atoms with Crippen LogP contribution >= 0.6 is 0 Å². The van der Waals surface area contributed by atoms with Gasteiger partial charge in [0, 0.05) is 18.2 Å². The molecule has 1 aliphatic carbocycles. The van der Waals surface area contributed by atoms with Crippen LogP contribution in [0.5, 0.6) is 0 Å². The van der Waals surface area contributed by atoms with Crippen molar-refractivity contribution in [2.45, 2.75) is 31.5 Å². The number of carbonyl (C=O) groups is 2. The van der Waals surface area contributed by atoms with Crippen molar-refractivity contribution in [1.29, 1.82) is 0 Å². The average Bonchev–Trinajstić information content (AvgIpc) is 3.56. The van der Waals surface area contributed by atoms with Gasteiger partial charge in [0.25, 0.3) is 0 Å². The van der Waals surface area contributed by atoms with E-state index < -0.39 is 12.1 Å². The number of hydrogen-bond acceptors (Lipinski definition) is 4. The zero-order chi connectivity index (χ0) is 19.5. The van der Waals surface area contributed by atoms with Crippen molar-refractivity contribution in [3.63, 3.8) is 0 Å². The normalized spacial score (nSPS) is 22.2. The Bertz CT molecular complexity index is 833. The SMILES string of the molecule is O=C(Nc1ccc([C@H]2OCC(=O)N(Cc3ccccc3)[C@@H]2CO)cc1)C1CC1. The molecular weight excluding hydrogens is 356 g/mol. The van der Waals surface area contributed by atoms with Crippen molar-refractivity contribution >= 4 is 17.5 Å². The fourth-order valence-corrected chi connectivity index (χ4v) is 3.55. The van der Waals surface area contributed by atoms with Crippen molar-refractivity contribution in [2.24, 2.45) is 5.92 Å². The number of benzene rings is 2. The van der Waals surface area contributed by atoms with E-state index >= 15 is 0 Å². The van der Waals surface area contributed by atoms with Gasteiger partial charge in [-0.2, -0.15) is 0 Å². The molecule has 2 aromatic carbocycles. The highest BCUT2D eigenvalue weighted by Crippen LogP contribution is 2.32. The first-order valence-corrected chi connectivity index (χ1v) is 9.62. The molecule has 2 atom stereocenters. The lowest BCUT2D eigenvalue weighted by Crippen LogP contribution is -2.52. The Balaban J connectivity index is 1.49. The van der Waals surface area contributed by atoms with Crippen molar-refractivity contribution < 1.29 is 19.4 Å². The predicted molar refractivity (Wildman–Crippen MR) is 104 cm³/mol. The maximum absolute atomic E-state index is 12.4. The molecule has 0 spiro atoms. The summed E-state index contributed by atoms with van der Waals surface area (Å²) < 4.78 is 5.78. The Morgan fingerprint density at radius 1 is 1.11 bits per heavy atom. The molecule has 1 heterocycles. The van der Waals surface area contributed by atoms with Gasteiger partial charge in [-0.05, 0) is 36.1 Å². The maximum Gasteiger partial charge on any atom is 0.249 e. The third-order valence-electron chi connectivity index (χ3n) is 5.29. The second-order valence-electron chi connectivity index (χ2n) is 7.37. The number of nitrogens with one attached hydrogen (secondary N) is 1. The van der Waals surface area contributed by atoms with E-state index in [1.165, 1.54) is 0 Å². The maximum atomic E-state index is 12.4. The summed E-state index contributed by atoms with van der Waals surface area (Å²) in [5.74, 6) is 0.0830. The lowest BCUT2D eigenvalue weighted by atomic mass is 9.98. The minimum Gasteiger partial charge on any atom is -0.394 e. The summed E-state index contributed by atoms with van der Waals surface area (Å²) in [6.45, 7) is 0.220. The molecule has 1 saturated carbocycles. The fraction of sp³-hybridized carbons (Fsp3) is 0.364. The fourth-order valence-electron chi connectivity index (χ4n) is 3.55. The zero-order valence-electron chi connectivity index (χ0n) is 15.6. The van der Waals surface area contributed by atoms with E-state index in [2.05, 4.69) is 5.32 Å². The van der Waals surface area contributed by atoms with E-state index in [4.69, 9.17) is 4.74 Å². The van der Waals surface area contributed by atoms with Gasteiger partial charge in [-0.25, -0.2) is 0 Å². The topological polar surface area (TPSA) is 78.9 Å². The largest absolute Gasteiger partial charge is 0.394 e. The van der Waals surface area contributed by atoms with Gasteiger partial charge in [0.1, 0.15) is 12.7 Å². The Morgan fingerprint density at radius 3 is 2.46 bits per heavy atom. The summed E-state index contributed by atoms with van der Waals surface area (Å²) in [6.07, 6.45) is 1.51. The smallest absolute Gasteiger partial charge is 0.249 e. The molecule has 146 valence electrons. The number of morpholine rings is 1. The molecule has 0 aromatic heterocycles. The van der Waals surface area contributed by atoms with Crippen molar-refractivity contribution in [1.82, 2.24) is 4.90 Å². The van der Waals surface area contributed by atoms with Crippen LogP contribution in [0.3, 0.4) is 0 Å². The Labute approximate surface area is 164 Å². The van der Waals surface area contributed by atoms with E-state index in [-0.39, 0.29) is 30.9 Å². The van der Waals surface area contributed by atoms with Gasteiger partial charge >= 0.3 is 0 Å². The van der Waals surface area contributed by atoms with Gasteiger partial charge in [-0.1, -0.05) is 42.5 Å². The molecule has 0 bridgehead atoms. The summed E-state index contributed by atoms with van der Waals surface area (Å²) in [7, 11) is 0. The number of anilines is 1. The summed E-state index contributed by atoms with van der Waals surface area (Å²) in [5, 5.41) is 12.9. The molecule has 6 nitrogen and oxygen atoms in total. The molecule has 2 amide bonds. The van der Waals surface area contributed by atoms with Gasteiger partial charge in [0.15, 0.2) is 0 Å². The highest BCUT2D eigenvalue weighted by atomic mass is 16.5. The van der Waals surface area contributed by atoms with Crippen LogP contribution in [-0.2, 0) is 20.9 Å². The molecule has 4 rings (SSSR count). The number of aliphatic hydroxyl groups excluding tert-OH is 1. The van der Waals surface area contributed by atoms with Crippen molar-refractivity contribution in [2.75, 3.05) is 18.5 Å². The molecule has 6 heteroatoms. The van der Waals surface area contributed by atoms with Crippen LogP contribution in [0, 0.1) is 5.92 Å². The molecule has 2 aliphatic rings. The first-order valence-electron chi connectivity index (χ1n) is 9.62. The van der Waals surface area contributed by atoms with E-state index in [0.717, 1.165) is 29.7 Å². The lowest BCUT2D eigenvalue weighted by molar-refractivity contribution is -0.162. The van der Waals surface area contributed by atoms with Crippen LogP contribution in [0.2, 0.25) is 0 Å². The number of amides is 2. The second-order valence-corrected chi connectivity index (χ2v) is 7.37. The molecule has 28 heavy (non-hydrogen) atoms. The molecule has 2 fully saturated rings. The number of hydrogen-bond donors (Lipinski definition) is 2. The number of nitrogens with zero attached hydrogens (tertiary/aromatic N) is 1. The first kappa shape index (κ1) is 18.7. The van der Waals surface area contributed by atoms with Crippen molar-refractivity contribution in [3.05, 3.63) is 65.7 Å². The summed E-state index contributed by atoms with van der Waals surface area (Å²) >= 11 is 0. The zero-order valence-corrected chi connectivity index (χ0v) is 15.6. The van der Waals surface area contributed by atoms with Crippen LogP contribution in [0.1, 0.15) is 30.1 Å². The highest BCUT2D eigenvalue weighted by molar-refractivity contribution is 5.94. The molecule has 2 N–H and O–H groups in total. The van der Waals surface area contributed by atoms with Crippen LogP contribution < -0.4 is 5.32 Å². The van der Waals surface area contributed by atoms with E-state index in [0.29, 0.717) is 6.54 Å². The third-order valence-corrected chi connectivity index (χ3v) is 5.29. The van der Waals surface area contributed by atoms with Crippen LogP contribution in [0.4, 0.5) is 5.69 Å². The van der Waals surface area contributed by atoms with Gasteiger partial charge in [-0.3, -0.25) is 9.59 Å². The van der Waals surface area contributed by atoms with Crippen LogP contribution in [-0.4, -0.2) is 41.1 Å². The Morgan fingerprint density at radius 2 is 1.82 bits per heavy atom. The number of ether oxygens (including phenoxy) is 1. The quantitative estimate of drug-likeness (QED) is 0.807. The highest BCUT2D eigenvalue weighted by Gasteiger charge is 2.37. The van der Waals surface area contributed by atoms with E-state index in [9.17, 15) is 14.7 Å². The molecular formula is C22H24N2O4. The Hall–Kier alpha value is -2.70. The molecule has 0 unspecified atom stereocenters. The summed E-state index contributed by atoms with van der Waals surface area (Å²) in [6, 6.07) is 16.7. The standard InChI is InChI=1S/C22H24N2O4/c25-13-19-21(16-8-10-18(11-9-16)23-22(27)17-6-7-17)28-14-20(26)24(19)12-15-4-2-1-3-5-15/h1-5,8-11,17,19,21,25H,6-7,12-14H2,(H,23,27)/t19-,21-/m1/s1. The Kier molecular flexibility index (Phi) is 5.41. The van der Waals surface area contributed by atoms with Gasteiger partial charge in [0.2, 0.25) is 11.8 Å². The predicted octanol–water partition coefficient (Wildman–Crippen LogP) is 2.50. The monoisotopic (exact) mass is 380 g/mol.